The molecule has 0 atom stereocenters. The molecule has 0 unspecified atom stereocenters. The largest absolute Gasteiger partial charge is 0.456 e. The van der Waals surface area contributed by atoms with Crippen LogP contribution in [0, 0.1) is 12.8 Å². The van der Waals surface area contributed by atoms with Gasteiger partial charge in [-0.15, -0.1) is 0 Å². The number of nitrogen functional groups attached to an aromatic ring is 1. The highest BCUT2D eigenvalue weighted by Crippen LogP contribution is 2.10. The van der Waals surface area contributed by atoms with Gasteiger partial charge in [0.15, 0.2) is 6.61 Å². The van der Waals surface area contributed by atoms with Gasteiger partial charge in [0.25, 0.3) is 5.56 Å². The normalized spacial score (nSPS) is 11.5. The minimum Gasteiger partial charge on any atom is -0.456 e. The number of hydrogen-bond donors (Lipinski definition) is 2. The summed E-state index contributed by atoms with van der Waals surface area (Å²) in [7, 11) is -2.74. The Hall–Kier alpha value is -3.25. The Kier molecular flexibility index (Phi) is 7.75. The Morgan fingerprint density at radius 3 is 2.31 bits per heavy atom. The number of sulfonamides is 1. The molecule has 32 heavy (non-hydrogen) atoms. The molecule has 0 radical (unpaired) electrons. The van der Waals surface area contributed by atoms with E-state index in [1.807, 2.05) is 13.8 Å². The Labute approximate surface area is 184 Å². The number of hydrogen-bond acceptors (Lipinski definition) is 8. The highest BCUT2D eigenvalue weighted by Gasteiger charge is 2.23. The summed E-state index contributed by atoms with van der Waals surface area (Å²) in [6.07, 6.45) is 0. The number of ether oxygens (including phenoxy) is 1. The van der Waals surface area contributed by atoms with Crippen molar-refractivity contribution in [3.05, 3.63) is 56.2 Å². The fraction of sp³-hybridized carbons (Fsp3) is 0.400. The van der Waals surface area contributed by atoms with E-state index in [1.165, 1.54) is 19.2 Å². The number of carbonyl (C=O) groups excluding carboxylic acids is 2. The number of nitrogens with two attached hydrogens (primary N) is 1. The molecule has 3 N–H and O–H groups in total. The molecule has 2 rings (SSSR count). The predicted octanol–water partition coefficient (Wildman–Crippen LogP) is -0.202. The summed E-state index contributed by atoms with van der Waals surface area (Å²) < 4.78 is 33.2. The van der Waals surface area contributed by atoms with Gasteiger partial charge in [0.2, 0.25) is 15.8 Å². The number of rotatable bonds is 9. The number of benzene rings is 1. The van der Waals surface area contributed by atoms with Gasteiger partial charge in [0.1, 0.15) is 17.9 Å². The molecule has 1 aromatic heterocycles. The lowest BCUT2D eigenvalue weighted by molar-refractivity contribution is -0.141. The van der Waals surface area contributed by atoms with Crippen molar-refractivity contribution in [1.82, 2.24) is 13.9 Å². The molecule has 2 aromatic rings. The first-order valence-electron chi connectivity index (χ1n) is 9.69. The van der Waals surface area contributed by atoms with Crippen LogP contribution in [0.3, 0.4) is 0 Å². The first-order chi connectivity index (χ1) is 14.8. The molecule has 174 valence electrons. The van der Waals surface area contributed by atoms with Gasteiger partial charge >= 0.3 is 11.7 Å². The number of aromatic nitrogens is 2. The molecule has 0 aliphatic carbocycles. The minimum absolute atomic E-state index is 0.00911. The second kappa shape index (κ2) is 9.92. The van der Waals surface area contributed by atoms with E-state index in [4.69, 9.17) is 10.5 Å². The molecule has 1 aromatic carbocycles. The average Bonchev–Trinajstić information content (AvgIpc) is 2.72. The number of Topliss-reactive ketones (excluding diaryl/α,β-unsaturated/α-hetero) is 1. The lowest BCUT2D eigenvalue weighted by Gasteiger charge is -2.16. The average molecular weight is 467 g/mol. The van der Waals surface area contributed by atoms with Crippen LogP contribution in [-0.4, -0.2) is 42.5 Å². The topological polar surface area (TPSA) is 160 Å². The standard InChI is InChI=1S/C20H26N4O7S/c1-12(2)10-24-18(21)17(19(27)23(4)20(24)28)15(25)11-31-16(26)9-22-32(29,30)14-7-5-13(3)6-8-14/h5-8,12,22H,9-11,21H2,1-4H3. The van der Waals surface area contributed by atoms with E-state index in [0.29, 0.717) is 0 Å². The number of ketones is 1. The van der Waals surface area contributed by atoms with Gasteiger partial charge in [-0.1, -0.05) is 31.5 Å². The lowest BCUT2D eigenvalue weighted by Crippen LogP contribution is -2.43. The maximum atomic E-state index is 12.5. The third-order valence-electron chi connectivity index (χ3n) is 4.51. The number of esters is 1. The van der Waals surface area contributed by atoms with Crippen LogP contribution in [0.2, 0.25) is 0 Å². The molecule has 0 saturated heterocycles. The van der Waals surface area contributed by atoms with Crippen LogP contribution < -0.4 is 21.7 Å². The number of anilines is 1. The highest BCUT2D eigenvalue weighted by atomic mass is 32.2. The molecule has 0 aliphatic rings. The second-order valence-corrected chi connectivity index (χ2v) is 9.40. The Balaban J connectivity index is 2.10. The minimum atomic E-state index is -3.95. The summed E-state index contributed by atoms with van der Waals surface area (Å²) in [5, 5.41) is 0. The van der Waals surface area contributed by atoms with Crippen LogP contribution in [0.25, 0.3) is 0 Å². The van der Waals surface area contributed by atoms with Gasteiger partial charge in [-0.25, -0.2) is 13.2 Å². The molecule has 11 nitrogen and oxygen atoms in total. The van der Waals surface area contributed by atoms with Crippen LogP contribution in [0.5, 0.6) is 0 Å². The van der Waals surface area contributed by atoms with E-state index in [9.17, 15) is 27.6 Å². The van der Waals surface area contributed by atoms with E-state index in [-0.39, 0.29) is 23.2 Å². The first kappa shape index (κ1) is 25.0. The van der Waals surface area contributed by atoms with E-state index >= 15 is 0 Å². The fourth-order valence-electron chi connectivity index (χ4n) is 2.81. The third-order valence-corrected chi connectivity index (χ3v) is 5.93. The predicted molar refractivity (Wildman–Crippen MR) is 117 cm³/mol. The quantitative estimate of drug-likeness (QED) is 0.379. The third kappa shape index (κ3) is 5.71. The SMILES string of the molecule is Cc1ccc(S(=O)(=O)NCC(=O)OCC(=O)c2c(N)n(CC(C)C)c(=O)n(C)c2=O)cc1. The summed E-state index contributed by atoms with van der Waals surface area (Å²) in [5.41, 5.74) is 4.72. The molecule has 1 heterocycles. The van der Waals surface area contributed by atoms with Crippen molar-refractivity contribution in [2.45, 2.75) is 32.2 Å². The molecular formula is C20H26N4O7S. The van der Waals surface area contributed by atoms with Gasteiger partial charge in [-0.05, 0) is 25.0 Å². The summed E-state index contributed by atoms with van der Waals surface area (Å²) in [5.74, 6) is -2.24. The molecule has 0 spiro atoms. The van der Waals surface area contributed by atoms with Crippen LogP contribution in [-0.2, 0) is 33.1 Å². The van der Waals surface area contributed by atoms with Crippen molar-refractivity contribution in [3.63, 3.8) is 0 Å². The highest BCUT2D eigenvalue weighted by molar-refractivity contribution is 7.89. The van der Waals surface area contributed by atoms with Gasteiger partial charge < -0.3 is 10.5 Å². The van der Waals surface area contributed by atoms with Crippen molar-refractivity contribution in [2.75, 3.05) is 18.9 Å². The summed E-state index contributed by atoms with van der Waals surface area (Å²) >= 11 is 0. The lowest BCUT2D eigenvalue weighted by atomic mass is 10.1. The van der Waals surface area contributed by atoms with Crippen LogP contribution in [0.1, 0.15) is 29.8 Å². The molecule has 12 heteroatoms. The fourth-order valence-corrected chi connectivity index (χ4v) is 3.78. The number of carbonyl (C=O) groups is 2. The summed E-state index contributed by atoms with van der Waals surface area (Å²) in [6.45, 7) is 4.08. The van der Waals surface area contributed by atoms with Crippen LogP contribution >= 0.6 is 0 Å². The van der Waals surface area contributed by atoms with Crippen LogP contribution in [0.4, 0.5) is 5.82 Å². The van der Waals surface area contributed by atoms with Crippen molar-refractivity contribution in [1.29, 1.82) is 0 Å². The summed E-state index contributed by atoms with van der Waals surface area (Å²) in [4.78, 5) is 49.1. The van der Waals surface area contributed by atoms with Crippen molar-refractivity contribution in [2.24, 2.45) is 13.0 Å². The second-order valence-electron chi connectivity index (χ2n) is 7.63. The monoisotopic (exact) mass is 466 g/mol. The van der Waals surface area contributed by atoms with E-state index in [0.717, 1.165) is 14.7 Å². The Bertz CT molecular complexity index is 1240. The smallest absolute Gasteiger partial charge is 0.332 e. The number of nitrogens with zero attached hydrogens (tertiary/aromatic N) is 2. The molecule has 0 fully saturated rings. The Morgan fingerprint density at radius 2 is 1.75 bits per heavy atom. The molecule has 0 bridgehead atoms. The first-order valence-corrected chi connectivity index (χ1v) is 11.2. The zero-order chi connectivity index (χ0) is 24.2. The maximum Gasteiger partial charge on any atom is 0.332 e. The number of nitrogens with one attached hydrogen (secondary N) is 1. The molecule has 0 aliphatic heterocycles. The van der Waals surface area contributed by atoms with E-state index < -0.39 is 51.7 Å². The van der Waals surface area contributed by atoms with E-state index in [1.54, 1.807) is 19.1 Å². The Morgan fingerprint density at radius 1 is 1.16 bits per heavy atom. The molecular weight excluding hydrogens is 440 g/mol. The van der Waals surface area contributed by atoms with E-state index in [2.05, 4.69) is 4.72 Å². The molecule has 0 saturated carbocycles. The van der Waals surface area contributed by atoms with Gasteiger partial charge in [0.05, 0.1) is 4.90 Å². The van der Waals surface area contributed by atoms with Crippen molar-refractivity contribution >= 4 is 27.6 Å². The van der Waals surface area contributed by atoms with Gasteiger partial charge in [-0.3, -0.25) is 23.5 Å². The molecule has 0 amide bonds. The zero-order valence-electron chi connectivity index (χ0n) is 18.2. The van der Waals surface area contributed by atoms with Gasteiger partial charge in [0, 0.05) is 13.6 Å². The maximum absolute atomic E-state index is 12.5. The zero-order valence-corrected chi connectivity index (χ0v) is 19.1. The van der Waals surface area contributed by atoms with Gasteiger partial charge in [-0.2, -0.15) is 4.72 Å². The van der Waals surface area contributed by atoms with Crippen molar-refractivity contribution < 1.29 is 22.7 Å². The summed E-state index contributed by atoms with van der Waals surface area (Å²) in [6, 6.07) is 5.98. The van der Waals surface area contributed by atoms with Crippen LogP contribution in [0.15, 0.2) is 38.8 Å². The van der Waals surface area contributed by atoms with Crippen molar-refractivity contribution in [3.8, 4) is 0 Å². The number of aryl methyl sites for hydroxylation is 1.